The maximum absolute atomic E-state index is 12.4. The van der Waals surface area contributed by atoms with Gasteiger partial charge in [0, 0.05) is 24.7 Å². The van der Waals surface area contributed by atoms with Gasteiger partial charge in [-0.05, 0) is 120 Å². The zero-order valence-corrected chi connectivity index (χ0v) is 34.5. The van der Waals surface area contributed by atoms with Crippen molar-refractivity contribution in [2.24, 2.45) is 47.3 Å². The third-order valence-corrected chi connectivity index (χ3v) is 15.2. The summed E-state index contributed by atoms with van der Waals surface area (Å²) in [5.41, 5.74) is -1.24. The molecule has 294 valence electrons. The van der Waals surface area contributed by atoms with Crippen molar-refractivity contribution in [1.29, 1.82) is 0 Å². The number of ether oxygens (including phenoxy) is 5. The molecule has 7 nitrogen and oxygen atoms in total. The van der Waals surface area contributed by atoms with Crippen molar-refractivity contribution < 1.29 is 33.6 Å². The van der Waals surface area contributed by atoms with Crippen molar-refractivity contribution >= 4 is 5.78 Å². The Bertz CT molecular complexity index is 1210. The number of carbonyl (C=O) groups is 1. The van der Waals surface area contributed by atoms with Crippen molar-refractivity contribution in [2.75, 3.05) is 0 Å². The van der Waals surface area contributed by atoms with Crippen LogP contribution in [-0.2, 0) is 28.5 Å². The van der Waals surface area contributed by atoms with Gasteiger partial charge in [-0.1, -0.05) is 74.8 Å². The first kappa shape index (κ1) is 41.3. The van der Waals surface area contributed by atoms with Crippen molar-refractivity contribution in [3.63, 3.8) is 0 Å². The summed E-state index contributed by atoms with van der Waals surface area (Å²) in [7, 11) is 0. The number of carbonyl (C=O) groups excluding carboxylic acids is 1. The predicted octanol–water partition coefficient (Wildman–Crippen LogP) is 9.82. The average Bonchev–Trinajstić information content (AvgIpc) is 3.42. The number of Topliss-reactive ketones (excluding diaryl/α,β-unsaturated/α-hetero) is 1. The molecule has 0 aromatic heterocycles. The van der Waals surface area contributed by atoms with Crippen LogP contribution in [0.15, 0.2) is 12.2 Å². The third kappa shape index (κ3) is 8.25. The van der Waals surface area contributed by atoms with Crippen LogP contribution in [0.5, 0.6) is 0 Å². The minimum absolute atomic E-state index is 0.00858. The molecule has 4 fully saturated rings. The van der Waals surface area contributed by atoms with E-state index in [2.05, 4.69) is 74.5 Å². The molecule has 0 radical (unpaired) electrons. The Hall–Kier alpha value is -0.830. The van der Waals surface area contributed by atoms with Gasteiger partial charge in [-0.3, -0.25) is 4.79 Å². The number of aliphatic hydroxyl groups is 1. The molecule has 3 unspecified atom stereocenters. The Kier molecular flexibility index (Phi) is 13.1. The number of hydrogen-bond acceptors (Lipinski definition) is 7. The normalized spacial score (nSPS) is 46.1. The van der Waals surface area contributed by atoms with E-state index >= 15 is 0 Å². The van der Waals surface area contributed by atoms with Gasteiger partial charge in [-0.15, -0.1) is 0 Å². The quantitative estimate of drug-likeness (QED) is 0.201. The first-order chi connectivity index (χ1) is 24.0. The Morgan fingerprint density at radius 1 is 0.902 bits per heavy atom. The van der Waals surface area contributed by atoms with Gasteiger partial charge in [-0.25, -0.2) is 0 Å². The highest BCUT2D eigenvalue weighted by molar-refractivity contribution is 5.78. The summed E-state index contributed by atoms with van der Waals surface area (Å²) < 4.78 is 34.8. The summed E-state index contributed by atoms with van der Waals surface area (Å²) >= 11 is 0. The predicted molar refractivity (Wildman–Crippen MR) is 203 cm³/mol. The molecule has 5 rings (SSSR count). The van der Waals surface area contributed by atoms with Crippen LogP contribution < -0.4 is 0 Å². The fraction of sp³-hybridized carbons (Fsp3) is 0.932. The highest BCUT2D eigenvalue weighted by Crippen LogP contribution is 2.54. The molecular weight excluding hydrogens is 640 g/mol. The van der Waals surface area contributed by atoms with Gasteiger partial charge in [-0.2, -0.15) is 0 Å². The van der Waals surface area contributed by atoms with Crippen molar-refractivity contribution in [2.45, 2.75) is 213 Å². The van der Waals surface area contributed by atoms with Gasteiger partial charge in [0.1, 0.15) is 5.78 Å². The van der Waals surface area contributed by atoms with Crippen LogP contribution in [0.3, 0.4) is 0 Å². The summed E-state index contributed by atoms with van der Waals surface area (Å²) in [6, 6.07) is 0. The Morgan fingerprint density at radius 3 is 2.25 bits per heavy atom. The van der Waals surface area contributed by atoms with Crippen LogP contribution in [0.2, 0.25) is 0 Å². The van der Waals surface area contributed by atoms with Gasteiger partial charge >= 0.3 is 0 Å². The zero-order chi connectivity index (χ0) is 37.5. The second kappa shape index (κ2) is 16.1. The molecule has 0 aromatic rings. The standard InChI is InChI=1S/C44H76O7/c1-13-35(26-28(5)31(8)32(9)39-27(4)17-18-37(48-39)36(14-2)33(10)45)40-29(6)25-30(7)44(49-40)21-16-20-43(51-44)24-23-41(12,50-43)38-19-22-42(46,15-3)34(11)47-38/h16,21,27-32,34-40,46H,13-15,17-20,22-26H2,1-12H3/t27-,28+,29-,30+,31?,32-,34-,35-,36?,37+,38+,39?,40-,41-,42+,43+,44-/m0/s1. The van der Waals surface area contributed by atoms with E-state index in [-0.39, 0.29) is 48.1 Å². The molecule has 0 aliphatic carbocycles. The van der Waals surface area contributed by atoms with E-state index in [9.17, 15) is 9.90 Å². The average molecular weight is 717 g/mol. The first-order valence-corrected chi connectivity index (χ1v) is 21.2. The number of rotatable bonds is 12. The Morgan fingerprint density at radius 2 is 1.63 bits per heavy atom. The molecule has 0 saturated carbocycles. The van der Waals surface area contributed by atoms with E-state index in [1.807, 2.05) is 13.8 Å². The molecule has 5 aliphatic rings. The molecule has 0 amide bonds. The van der Waals surface area contributed by atoms with Gasteiger partial charge < -0.3 is 28.8 Å². The molecule has 4 saturated heterocycles. The second-order valence-corrected chi connectivity index (χ2v) is 18.6. The Balaban J connectivity index is 1.25. The van der Waals surface area contributed by atoms with E-state index in [0.717, 1.165) is 64.2 Å². The molecule has 51 heavy (non-hydrogen) atoms. The highest BCUT2D eigenvalue weighted by Gasteiger charge is 2.60. The van der Waals surface area contributed by atoms with Crippen LogP contribution in [0, 0.1) is 47.3 Å². The van der Waals surface area contributed by atoms with Crippen molar-refractivity contribution in [1.82, 2.24) is 0 Å². The molecule has 7 heteroatoms. The molecule has 1 N–H and O–H groups in total. The topological polar surface area (TPSA) is 83.5 Å². The van der Waals surface area contributed by atoms with Crippen LogP contribution in [0.4, 0.5) is 0 Å². The lowest BCUT2D eigenvalue weighted by atomic mass is 9.70. The molecule has 17 atom stereocenters. The largest absolute Gasteiger partial charge is 0.387 e. The highest BCUT2D eigenvalue weighted by atomic mass is 16.8. The molecule has 2 spiro atoms. The minimum Gasteiger partial charge on any atom is -0.387 e. The molecule has 5 heterocycles. The van der Waals surface area contributed by atoms with Crippen molar-refractivity contribution in [3.8, 4) is 0 Å². The molecule has 0 aromatic carbocycles. The van der Waals surface area contributed by atoms with Gasteiger partial charge in [0.15, 0.2) is 11.6 Å². The van der Waals surface area contributed by atoms with Crippen LogP contribution in [0.1, 0.15) is 160 Å². The zero-order valence-electron chi connectivity index (χ0n) is 34.5. The summed E-state index contributed by atoms with van der Waals surface area (Å²) in [5.74, 6) is 1.63. The number of ketones is 1. The SMILES string of the molecule is CCC(C(C)=O)[C@H]1CC[C@H](C)C([C@@H](C)C(C)[C@H](C)C[C@H](CC)[C@H]2O[C@]3(C=CC[C@]4(CC[C@@](C)([C@H]5CC[C@](O)(CC)[C@H](C)O5)O4)O3)[C@H](C)C[C@@H]2C)O1. The molecule has 5 aliphatic heterocycles. The van der Waals surface area contributed by atoms with E-state index < -0.39 is 22.8 Å². The smallest absolute Gasteiger partial charge is 0.193 e. The summed E-state index contributed by atoms with van der Waals surface area (Å²) in [6.07, 6.45) is 15.2. The maximum Gasteiger partial charge on any atom is 0.193 e. The fourth-order valence-corrected chi connectivity index (χ4v) is 11.1. The summed E-state index contributed by atoms with van der Waals surface area (Å²) in [6.45, 7) is 26.6. The van der Waals surface area contributed by atoms with Gasteiger partial charge in [0.25, 0.3) is 0 Å². The minimum atomic E-state index is -0.813. The van der Waals surface area contributed by atoms with E-state index in [0.29, 0.717) is 48.3 Å². The van der Waals surface area contributed by atoms with Gasteiger partial charge in [0.05, 0.1) is 41.7 Å². The van der Waals surface area contributed by atoms with Crippen LogP contribution in [0.25, 0.3) is 0 Å². The fourth-order valence-electron chi connectivity index (χ4n) is 11.1. The lowest BCUT2D eigenvalue weighted by Crippen LogP contribution is -2.59. The first-order valence-electron chi connectivity index (χ1n) is 21.2. The van der Waals surface area contributed by atoms with Gasteiger partial charge in [0.2, 0.25) is 0 Å². The van der Waals surface area contributed by atoms with E-state index in [1.165, 1.54) is 0 Å². The number of hydrogen-bond donors (Lipinski definition) is 1. The van der Waals surface area contributed by atoms with E-state index in [4.69, 9.17) is 23.7 Å². The summed E-state index contributed by atoms with van der Waals surface area (Å²) in [4.78, 5) is 12.4. The maximum atomic E-state index is 12.4. The second-order valence-electron chi connectivity index (χ2n) is 18.6. The van der Waals surface area contributed by atoms with E-state index in [1.54, 1.807) is 6.92 Å². The summed E-state index contributed by atoms with van der Waals surface area (Å²) in [5, 5.41) is 11.0. The lowest BCUT2D eigenvalue weighted by molar-refractivity contribution is -0.394. The third-order valence-electron chi connectivity index (χ3n) is 15.2. The van der Waals surface area contributed by atoms with Crippen molar-refractivity contribution in [3.05, 3.63) is 12.2 Å². The van der Waals surface area contributed by atoms with Crippen LogP contribution in [-0.4, -0.2) is 64.2 Å². The molecular formula is C44H76O7. The van der Waals surface area contributed by atoms with Crippen LogP contribution >= 0.6 is 0 Å². The molecule has 0 bridgehead atoms. The Labute approximate surface area is 311 Å². The lowest BCUT2D eigenvalue weighted by Gasteiger charge is -2.53. The monoisotopic (exact) mass is 717 g/mol.